The van der Waals surface area contributed by atoms with E-state index in [1.54, 1.807) is 7.11 Å². The molecule has 3 nitrogen and oxygen atoms in total. The van der Waals surface area contributed by atoms with Crippen LogP contribution in [0.5, 0.6) is 5.88 Å². The normalized spacial score (nSPS) is 11.1. The SMILES string of the molecule is COc1nc2ccccc2nc1/C=C/c1ccccc1. The number of aromatic nitrogens is 2. The summed E-state index contributed by atoms with van der Waals surface area (Å²) in [6.45, 7) is 0. The number of hydrogen-bond acceptors (Lipinski definition) is 3. The van der Waals surface area contributed by atoms with Crippen LogP contribution in [0.1, 0.15) is 11.3 Å². The Bertz CT molecular complexity index is 751. The Morgan fingerprint density at radius 2 is 1.45 bits per heavy atom. The predicted molar refractivity (Wildman–Crippen MR) is 81.5 cm³/mol. The third-order valence-corrected chi connectivity index (χ3v) is 2.99. The zero-order valence-electron chi connectivity index (χ0n) is 11.2. The van der Waals surface area contributed by atoms with Crippen LogP contribution in [-0.4, -0.2) is 17.1 Å². The van der Waals surface area contributed by atoms with Crippen molar-refractivity contribution in [3.8, 4) is 5.88 Å². The first kappa shape index (κ1) is 12.4. The smallest absolute Gasteiger partial charge is 0.240 e. The summed E-state index contributed by atoms with van der Waals surface area (Å²) in [5.41, 5.74) is 3.54. The molecule has 1 heterocycles. The molecule has 1 aromatic heterocycles. The molecule has 0 N–H and O–H groups in total. The molecule has 0 spiro atoms. The molecule has 0 bridgehead atoms. The maximum absolute atomic E-state index is 5.32. The highest BCUT2D eigenvalue weighted by Gasteiger charge is 2.05. The van der Waals surface area contributed by atoms with E-state index in [2.05, 4.69) is 9.97 Å². The first-order valence-corrected chi connectivity index (χ1v) is 6.41. The number of fused-ring (bicyclic) bond motifs is 1. The standard InChI is InChI=1S/C17H14N2O/c1-20-17-16(12-11-13-7-3-2-4-8-13)18-14-9-5-6-10-15(14)19-17/h2-12H,1H3/b12-11+. The van der Waals surface area contributed by atoms with Crippen molar-refractivity contribution < 1.29 is 4.74 Å². The molecule has 0 atom stereocenters. The molecule has 0 aliphatic heterocycles. The Kier molecular flexibility index (Phi) is 3.42. The fourth-order valence-electron chi connectivity index (χ4n) is 2.00. The van der Waals surface area contributed by atoms with Gasteiger partial charge >= 0.3 is 0 Å². The lowest BCUT2D eigenvalue weighted by molar-refractivity contribution is 0.396. The van der Waals surface area contributed by atoms with Crippen molar-refractivity contribution >= 4 is 23.2 Å². The van der Waals surface area contributed by atoms with E-state index in [9.17, 15) is 0 Å². The zero-order valence-corrected chi connectivity index (χ0v) is 11.2. The number of ether oxygens (including phenoxy) is 1. The van der Waals surface area contributed by atoms with Crippen molar-refractivity contribution in [2.45, 2.75) is 0 Å². The van der Waals surface area contributed by atoms with Crippen LogP contribution in [0.2, 0.25) is 0 Å². The molecular formula is C17H14N2O. The van der Waals surface area contributed by atoms with E-state index in [1.165, 1.54) is 0 Å². The van der Waals surface area contributed by atoms with Crippen LogP contribution in [0.3, 0.4) is 0 Å². The van der Waals surface area contributed by atoms with Crippen molar-refractivity contribution in [1.29, 1.82) is 0 Å². The minimum Gasteiger partial charge on any atom is -0.479 e. The summed E-state index contributed by atoms with van der Waals surface area (Å²) in [5.74, 6) is 0.538. The summed E-state index contributed by atoms with van der Waals surface area (Å²) in [7, 11) is 1.61. The minimum atomic E-state index is 0.538. The minimum absolute atomic E-state index is 0.538. The number of benzene rings is 2. The highest BCUT2D eigenvalue weighted by Crippen LogP contribution is 2.20. The van der Waals surface area contributed by atoms with Gasteiger partial charge in [-0.05, 0) is 23.8 Å². The summed E-state index contributed by atoms with van der Waals surface area (Å²) in [4.78, 5) is 9.06. The van der Waals surface area contributed by atoms with Crippen LogP contribution < -0.4 is 4.74 Å². The van der Waals surface area contributed by atoms with Crippen molar-refractivity contribution in [2.24, 2.45) is 0 Å². The fourth-order valence-corrected chi connectivity index (χ4v) is 2.00. The highest BCUT2D eigenvalue weighted by atomic mass is 16.5. The monoisotopic (exact) mass is 262 g/mol. The third kappa shape index (κ3) is 2.52. The summed E-state index contributed by atoms with van der Waals surface area (Å²) in [6.07, 6.45) is 3.93. The van der Waals surface area contributed by atoms with Crippen LogP contribution in [0, 0.1) is 0 Å². The van der Waals surface area contributed by atoms with E-state index < -0.39 is 0 Å². The quantitative estimate of drug-likeness (QED) is 0.720. The highest BCUT2D eigenvalue weighted by molar-refractivity contribution is 5.78. The van der Waals surface area contributed by atoms with Crippen LogP contribution in [-0.2, 0) is 0 Å². The van der Waals surface area contributed by atoms with Crippen molar-refractivity contribution in [1.82, 2.24) is 9.97 Å². The number of rotatable bonds is 3. The first-order valence-electron chi connectivity index (χ1n) is 6.41. The van der Waals surface area contributed by atoms with Gasteiger partial charge in [-0.3, -0.25) is 0 Å². The molecular weight excluding hydrogens is 248 g/mol. The average molecular weight is 262 g/mol. The topological polar surface area (TPSA) is 35.0 Å². The number of nitrogens with zero attached hydrogens (tertiary/aromatic N) is 2. The fraction of sp³-hybridized carbons (Fsp3) is 0.0588. The van der Waals surface area contributed by atoms with Gasteiger partial charge in [0, 0.05) is 0 Å². The van der Waals surface area contributed by atoms with E-state index in [0.717, 1.165) is 22.3 Å². The molecule has 0 saturated carbocycles. The largest absolute Gasteiger partial charge is 0.479 e. The van der Waals surface area contributed by atoms with E-state index in [1.807, 2.05) is 66.7 Å². The lowest BCUT2D eigenvalue weighted by Crippen LogP contribution is -1.95. The van der Waals surface area contributed by atoms with Gasteiger partial charge in [-0.2, -0.15) is 0 Å². The summed E-state index contributed by atoms with van der Waals surface area (Å²) in [5, 5.41) is 0. The molecule has 3 rings (SSSR count). The maximum Gasteiger partial charge on any atom is 0.240 e. The van der Waals surface area contributed by atoms with Crippen molar-refractivity contribution in [2.75, 3.05) is 7.11 Å². The Labute approximate surface area is 117 Å². The van der Waals surface area contributed by atoms with Gasteiger partial charge in [0.05, 0.1) is 18.1 Å². The molecule has 3 heteroatoms. The molecule has 20 heavy (non-hydrogen) atoms. The molecule has 2 aromatic carbocycles. The van der Waals surface area contributed by atoms with E-state index in [0.29, 0.717) is 5.88 Å². The molecule has 0 unspecified atom stereocenters. The Morgan fingerprint density at radius 3 is 2.15 bits per heavy atom. The van der Waals surface area contributed by atoms with Gasteiger partial charge in [-0.25, -0.2) is 9.97 Å². The van der Waals surface area contributed by atoms with E-state index >= 15 is 0 Å². The van der Waals surface area contributed by atoms with Gasteiger partial charge in [-0.1, -0.05) is 48.5 Å². The summed E-state index contributed by atoms with van der Waals surface area (Å²) in [6, 6.07) is 17.8. The van der Waals surface area contributed by atoms with Gasteiger partial charge in [0.1, 0.15) is 5.69 Å². The average Bonchev–Trinajstić information content (AvgIpc) is 2.53. The predicted octanol–water partition coefficient (Wildman–Crippen LogP) is 3.81. The van der Waals surface area contributed by atoms with Gasteiger partial charge in [0.15, 0.2) is 0 Å². The molecule has 0 aliphatic carbocycles. The molecule has 3 aromatic rings. The van der Waals surface area contributed by atoms with Gasteiger partial charge in [0.2, 0.25) is 5.88 Å². The van der Waals surface area contributed by atoms with Gasteiger partial charge in [-0.15, -0.1) is 0 Å². The summed E-state index contributed by atoms with van der Waals surface area (Å²) < 4.78 is 5.32. The summed E-state index contributed by atoms with van der Waals surface area (Å²) >= 11 is 0. The molecule has 0 radical (unpaired) electrons. The molecule has 0 saturated heterocycles. The Balaban J connectivity index is 2.04. The molecule has 0 aliphatic rings. The van der Waals surface area contributed by atoms with Crippen molar-refractivity contribution in [3.05, 3.63) is 65.9 Å². The van der Waals surface area contributed by atoms with Gasteiger partial charge < -0.3 is 4.74 Å². The first-order chi connectivity index (χ1) is 9.86. The lowest BCUT2D eigenvalue weighted by atomic mass is 10.2. The van der Waals surface area contributed by atoms with Crippen molar-refractivity contribution in [3.63, 3.8) is 0 Å². The molecule has 0 amide bonds. The van der Waals surface area contributed by atoms with Crippen LogP contribution in [0.4, 0.5) is 0 Å². The Hall–Kier alpha value is -2.68. The second-order valence-corrected chi connectivity index (χ2v) is 4.35. The number of para-hydroxylation sites is 2. The lowest BCUT2D eigenvalue weighted by Gasteiger charge is -2.05. The van der Waals surface area contributed by atoms with Crippen LogP contribution >= 0.6 is 0 Å². The maximum atomic E-state index is 5.32. The zero-order chi connectivity index (χ0) is 13.8. The third-order valence-electron chi connectivity index (χ3n) is 2.99. The molecule has 98 valence electrons. The van der Waals surface area contributed by atoms with E-state index in [4.69, 9.17) is 4.74 Å². The Morgan fingerprint density at radius 1 is 0.800 bits per heavy atom. The molecule has 0 fully saturated rings. The van der Waals surface area contributed by atoms with Crippen LogP contribution in [0.15, 0.2) is 54.6 Å². The second-order valence-electron chi connectivity index (χ2n) is 4.35. The van der Waals surface area contributed by atoms with Crippen LogP contribution in [0.25, 0.3) is 23.2 Å². The number of hydrogen-bond donors (Lipinski definition) is 0. The van der Waals surface area contributed by atoms with Gasteiger partial charge in [0.25, 0.3) is 0 Å². The second kappa shape index (κ2) is 5.53. The number of methoxy groups -OCH3 is 1. The van der Waals surface area contributed by atoms with E-state index in [-0.39, 0.29) is 0 Å².